The monoisotopic (exact) mass is 366 g/mol. The molecule has 8 heteroatoms. The Hall–Kier alpha value is -3.68. The third-order valence-electron chi connectivity index (χ3n) is 4.14. The largest absolute Gasteiger partial charge is 0.452 e. The Morgan fingerprint density at radius 3 is 2.70 bits per heavy atom. The van der Waals surface area contributed by atoms with Gasteiger partial charge in [-0.25, -0.2) is 14.5 Å². The smallest absolute Gasteiger partial charge is 0.416 e. The molecule has 2 amide bonds. The molecular formula is C19H14N2O6. The summed E-state index contributed by atoms with van der Waals surface area (Å²) in [4.78, 5) is 36.5. The Kier molecular flexibility index (Phi) is 4.29. The van der Waals surface area contributed by atoms with Gasteiger partial charge in [0.2, 0.25) is 0 Å². The number of imide groups is 1. The van der Waals surface area contributed by atoms with Crippen molar-refractivity contribution in [3.63, 3.8) is 0 Å². The lowest BCUT2D eigenvalue weighted by Gasteiger charge is -2.10. The number of hydrogen-bond donors (Lipinski definition) is 0. The highest BCUT2D eigenvalue weighted by Crippen LogP contribution is 2.29. The third kappa shape index (κ3) is 3.24. The summed E-state index contributed by atoms with van der Waals surface area (Å²) in [6.07, 6.45) is -0.727. The maximum absolute atomic E-state index is 12.3. The fourth-order valence-corrected chi connectivity index (χ4v) is 2.77. The molecule has 1 aliphatic heterocycles. The quantitative estimate of drug-likeness (QED) is 0.655. The molecular weight excluding hydrogens is 352 g/mol. The number of carbonyl (C=O) groups is 3. The summed E-state index contributed by atoms with van der Waals surface area (Å²) in [5.41, 5.74) is 1.68. The molecule has 4 rings (SSSR count). The van der Waals surface area contributed by atoms with Crippen LogP contribution in [0.25, 0.3) is 22.2 Å². The highest BCUT2D eigenvalue weighted by Gasteiger charge is 2.29. The second kappa shape index (κ2) is 6.91. The lowest BCUT2D eigenvalue weighted by atomic mass is 10.1. The van der Waals surface area contributed by atoms with Crippen LogP contribution in [0.1, 0.15) is 10.4 Å². The zero-order chi connectivity index (χ0) is 18.8. The van der Waals surface area contributed by atoms with Crippen molar-refractivity contribution in [3.8, 4) is 11.3 Å². The SMILES string of the molecule is O=C(OCC(=O)N1CCOC1=O)c1ccc2noc(-c3ccccc3)c2c1. The summed E-state index contributed by atoms with van der Waals surface area (Å²) in [6.45, 7) is -0.242. The Bertz CT molecular complexity index is 1030. The van der Waals surface area contributed by atoms with E-state index in [1.807, 2.05) is 30.3 Å². The molecule has 0 bridgehead atoms. The zero-order valence-electron chi connectivity index (χ0n) is 14.1. The highest BCUT2D eigenvalue weighted by atomic mass is 16.6. The van der Waals surface area contributed by atoms with Gasteiger partial charge in [0.1, 0.15) is 12.1 Å². The zero-order valence-corrected chi connectivity index (χ0v) is 14.1. The summed E-state index contributed by atoms with van der Waals surface area (Å²) in [7, 11) is 0. The van der Waals surface area contributed by atoms with Gasteiger partial charge in [0, 0.05) is 5.56 Å². The van der Waals surface area contributed by atoms with Crippen molar-refractivity contribution in [1.29, 1.82) is 0 Å². The fraction of sp³-hybridized carbons (Fsp3) is 0.158. The van der Waals surface area contributed by atoms with Crippen LogP contribution >= 0.6 is 0 Å². The number of cyclic esters (lactones) is 1. The molecule has 1 fully saturated rings. The van der Waals surface area contributed by atoms with E-state index in [9.17, 15) is 14.4 Å². The second-order valence-corrected chi connectivity index (χ2v) is 5.85. The number of amides is 2. The molecule has 1 aliphatic rings. The van der Waals surface area contributed by atoms with E-state index < -0.39 is 24.6 Å². The average molecular weight is 366 g/mol. The summed E-state index contributed by atoms with van der Waals surface area (Å²) in [6, 6.07) is 14.2. The van der Waals surface area contributed by atoms with E-state index in [1.165, 1.54) is 6.07 Å². The lowest BCUT2D eigenvalue weighted by molar-refractivity contribution is -0.131. The standard InChI is InChI=1S/C19H14N2O6/c22-16(21-8-9-25-19(21)24)11-26-18(23)13-6-7-15-14(10-13)17(27-20-15)12-4-2-1-3-5-12/h1-7,10H,8-9,11H2. The van der Waals surface area contributed by atoms with Crippen LogP contribution in [-0.2, 0) is 14.3 Å². The van der Waals surface area contributed by atoms with Crippen LogP contribution in [0.2, 0.25) is 0 Å². The van der Waals surface area contributed by atoms with Gasteiger partial charge < -0.3 is 14.0 Å². The van der Waals surface area contributed by atoms with Gasteiger partial charge in [-0.2, -0.15) is 0 Å². The molecule has 0 atom stereocenters. The Labute approximate surface area is 153 Å². The summed E-state index contributed by atoms with van der Waals surface area (Å²) in [5.74, 6) is -0.768. The van der Waals surface area contributed by atoms with Crippen molar-refractivity contribution in [2.45, 2.75) is 0 Å². The topological polar surface area (TPSA) is 98.9 Å². The maximum atomic E-state index is 12.3. The van der Waals surface area contributed by atoms with Crippen molar-refractivity contribution >= 4 is 28.9 Å². The van der Waals surface area contributed by atoms with Crippen molar-refractivity contribution in [2.24, 2.45) is 0 Å². The van der Waals surface area contributed by atoms with Crippen LogP contribution in [0, 0.1) is 0 Å². The molecule has 0 unspecified atom stereocenters. The Balaban J connectivity index is 1.52. The number of aromatic nitrogens is 1. The van der Waals surface area contributed by atoms with Crippen LogP contribution in [0.5, 0.6) is 0 Å². The van der Waals surface area contributed by atoms with Gasteiger partial charge in [-0.15, -0.1) is 0 Å². The Morgan fingerprint density at radius 2 is 1.96 bits per heavy atom. The van der Waals surface area contributed by atoms with Crippen molar-refractivity contribution < 1.29 is 28.4 Å². The molecule has 0 spiro atoms. The molecule has 27 heavy (non-hydrogen) atoms. The molecule has 1 aromatic heterocycles. The van der Waals surface area contributed by atoms with Crippen LogP contribution < -0.4 is 0 Å². The first-order chi connectivity index (χ1) is 13.1. The highest BCUT2D eigenvalue weighted by molar-refractivity contribution is 6.00. The van der Waals surface area contributed by atoms with Crippen molar-refractivity contribution in [1.82, 2.24) is 10.1 Å². The number of carbonyl (C=O) groups excluding carboxylic acids is 3. The molecule has 0 saturated carbocycles. The molecule has 8 nitrogen and oxygen atoms in total. The van der Waals surface area contributed by atoms with Crippen LogP contribution in [0.4, 0.5) is 4.79 Å². The number of nitrogens with zero attached hydrogens (tertiary/aromatic N) is 2. The van der Waals surface area contributed by atoms with E-state index in [4.69, 9.17) is 9.26 Å². The summed E-state index contributed by atoms with van der Waals surface area (Å²) < 4.78 is 15.1. The maximum Gasteiger partial charge on any atom is 0.416 e. The lowest BCUT2D eigenvalue weighted by Crippen LogP contribution is -2.35. The fourth-order valence-electron chi connectivity index (χ4n) is 2.77. The van der Waals surface area contributed by atoms with Gasteiger partial charge in [0.05, 0.1) is 17.5 Å². The van der Waals surface area contributed by atoms with Gasteiger partial charge >= 0.3 is 12.1 Å². The first-order valence-electron chi connectivity index (χ1n) is 8.22. The Morgan fingerprint density at radius 1 is 1.15 bits per heavy atom. The van der Waals surface area contributed by atoms with Gasteiger partial charge in [-0.1, -0.05) is 35.5 Å². The van der Waals surface area contributed by atoms with Crippen LogP contribution in [0.3, 0.4) is 0 Å². The molecule has 136 valence electrons. The summed E-state index contributed by atoms with van der Waals surface area (Å²) in [5, 5.41) is 4.65. The van der Waals surface area contributed by atoms with Gasteiger partial charge in [-0.05, 0) is 18.2 Å². The van der Waals surface area contributed by atoms with Gasteiger partial charge in [0.25, 0.3) is 5.91 Å². The first-order valence-corrected chi connectivity index (χ1v) is 8.22. The molecule has 0 aliphatic carbocycles. The normalized spacial score (nSPS) is 13.6. The van der Waals surface area contributed by atoms with E-state index in [0.717, 1.165) is 10.5 Å². The second-order valence-electron chi connectivity index (χ2n) is 5.85. The van der Waals surface area contributed by atoms with Crippen molar-refractivity contribution in [2.75, 3.05) is 19.8 Å². The summed E-state index contributed by atoms with van der Waals surface area (Å²) >= 11 is 0. The number of ether oxygens (including phenoxy) is 2. The van der Waals surface area contributed by atoms with E-state index in [1.54, 1.807) is 12.1 Å². The number of esters is 1. The number of rotatable bonds is 4. The minimum absolute atomic E-state index is 0.144. The molecule has 0 radical (unpaired) electrons. The van der Waals surface area contributed by atoms with Crippen molar-refractivity contribution in [3.05, 3.63) is 54.1 Å². The van der Waals surface area contributed by atoms with Crippen LogP contribution in [-0.4, -0.2) is 47.8 Å². The minimum Gasteiger partial charge on any atom is -0.452 e. The van der Waals surface area contributed by atoms with Gasteiger partial charge in [-0.3, -0.25) is 4.79 Å². The number of hydrogen-bond acceptors (Lipinski definition) is 7. The van der Waals surface area contributed by atoms with E-state index in [-0.39, 0.29) is 18.7 Å². The molecule has 2 aromatic carbocycles. The molecule has 2 heterocycles. The number of fused-ring (bicyclic) bond motifs is 1. The van der Waals surface area contributed by atoms with E-state index >= 15 is 0 Å². The van der Waals surface area contributed by atoms with Crippen LogP contribution in [0.15, 0.2) is 53.1 Å². The predicted octanol–water partition coefficient (Wildman–Crippen LogP) is 2.63. The number of benzene rings is 2. The molecule has 0 N–H and O–H groups in total. The first kappa shape index (κ1) is 16.8. The molecule has 1 saturated heterocycles. The molecule has 3 aromatic rings. The predicted molar refractivity (Wildman–Crippen MR) is 92.8 cm³/mol. The van der Waals surface area contributed by atoms with E-state index in [2.05, 4.69) is 9.89 Å². The minimum atomic E-state index is -0.727. The average Bonchev–Trinajstić information content (AvgIpc) is 3.32. The van der Waals surface area contributed by atoms with E-state index in [0.29, 0.717) is 16.7 Å². The van der Waals surface area contributed by atoms with Gasteiger partial charge in [0.15, 0.2) is 12.4 Å². The third-order valence-corrected chi connectivity index (χ3v) is 4.14.